The summed E-state index contributed by atoms with van der Waals surface area (Å²) in [5.74, 6) is -1.76. The van der Waals surface area contributed by atoms with Crippen LogP contribution in [0.2, 0.25) is 0 Å². The van der Waals surface area contributed by atoms with Crippen LogP contribution in [0.4, 0.5) is 14.5 Å². The van der Waals surface area contributed by atoms with Gasteiger partial charge in [-0.05, 0) is 35.4 Å². The number of halogens is 2. The van der Waals surface area contributed by atoms with Crippen LogP contribution >= 0.6 is 0 Å². The zero-order valence-electron chi connectivity index (χ0n) is 15.6. The molecule has 6 nitrogen and oxygen atoms in total. The fraction of sp³-hybridized carbons (Fsp3) is 0.0476. The third kappa shape index (κ3) is 3.67. The molecule has 0 amide bonds. The van der Waals surface area contributed by atoms with E-state index < -0.39 is 21.7 Å². The normalized spacial score (nSPS) is 11.5. The van der Waals surface area contributed by atoms with Gasteiger partial charge in [0, 0.05) is 12.3 Å². The van der Waals surface area contributed by atoms with Gasteiger partial charge in [-0.25, -0.2) is 17.2 Å². The van der Waals surface area contributed by atoms with Gasteiger partial charge in [-0.2, -0.15) is 0 Å². The van der Waals surface area contributed by atoms with Crippen molar-refractivity contribution < 1.29 is 17.2 Å². The van der Waals surface area contributed by atoms with Gasteiger partial charge in [-0.3, -0.25) is 8.71 Å². The molecule has 0 spiro atoms. The molecule has 2 aromatic heterocycles. The van der Waals surface area contributed by atoms with E-state index in [4.69, 9.17) is 0 Å². The average Bonchev–Trinajstić information content (AvgIpc) is 3.20. The van der Waals surface area contributed by atoms with Gasteiger partial charge in [0.15, 0.2) is 5.65 Å². The van der Waals surface area contributed by atoms with Gasteiger partial charge in [0.25, 0.3) is 10.0 Å². The van der Waals surface area contributed by atoms with Crippen LogP contribution in [-0.4, -0.2) is 23.0 Å². The SMILES string of the molecule is C=Cc1ccc(CN(c2cc(F)cc(F)c2)S(=O)(=O)c2cccn3cnnc23)cc1. The summed E-state index contributed by atoms with van der Waals surface area (Å²) < 4.78 is 57.4. The largest absolute Gasteiger partial charge is 0.288 e. The summed E-state index contributed by atoms with van der Waals surface area (Å²) >= 11 is 0. The molecule has 9 heteroatoms. The number of anilines is 1. The summed E-state index contributed by atoms with van der Waals surface area (Å²) in [6.45, 7) is 3.55. The molecule has 4 aromatic rings. The minimum absolute atomic E-state index is 0.112. The van der Waals surface area contributed by atoms with Crippen LogP contribution in [0.1, 0.15) is 11.1 Å². The Bertz CT molecular complexity index is 1310. The van der Waals surface area contributed by atoms with E-state index in [0.717, 1.165) is 22.0 Å². The highest BCUT2D eigenvalue weighted by atomic mass is 32.2. The minimum Gasteiger partial charge on any atom is -0.288 e. The average molecular weight is 426 g/mol. The topological polar surface area (TPSA) is 67.6 Å². The van der Waals surface area contributed by atoms with Crippen LogP contribution < -0.4 is 4.31 Å². The second-order valence-corrected chi connectivity index (χ2v) is 8.35. The van der Waals surface area contributed by atoms with Gasteiger partial charge in [0.2, 0.25) is 0 Å². The second kappa shape index (κ2) is 7.68. The Hall–Kier alpha value is -3.59. The highest BCUT2D eigenvalue weighted by Gasteiger charge is 2.29. The molecule has 30 heavy (non-hydrogen) atoms. The molecular weight excluding hydrogens is 410 g/mol. The molecule has 4 rings (SSSR count). The Balaban J connectivity index is 1.87. The third-order valence-electron chi connectivity index (χ3n) is 4.53. The standard InChI is InChI=1S/C21H16F2N4O2S/c1-2-15-5-7-16(8-6-15)13-27(19-11-17(22)10-18(23)12-19)30(28,29)20-4-3-9-26-14-24-25-21(20)26/h2-12,14H,1,13H2. The number of hydrogen-bond acceptors (Lipinski definition) is 4. The van der Waals surface area contributed by atoms with Crippen molar-refractivity contribution in [3.8, 4) is 0 Å². The van der Waals surface area contributed by atoms with Gasteiger partial charge < -0.3 is 0 Å². The predicted octanol–water partition coefficient (Wildman–Crippen LogP) is 4.05. The molecule has 0 unspecified atom stereocenters. The number of rotatable bonds is 6. The third-order valence-corrected chi connectivity index (χ3v) is 6.33. The molecule has 0 aliphatic carbocycles. The minimum atomic E-state index is -4.24. The Morgan fingerprint density at radius 2 is 1.77 bits per heavy atom. The Morgan fingerprint density at radius 1 is 1.07 bits per heavy atom. The van der Waals surface area contributed by atoms with Gasteiger partial charge >= 0.3 is 0 Å². The van der Waals surface area contributed by atoms with E-state index in [0.29, 0.717) is 11.6 Å². The first kappa shape index (κ1) is 19.7. The molecule has 0 N–H and O–H groups in total. The molecule has 0 fully saturated rings. The molecule has 2 heterocycles. The molecule has 2 aromatic carbocycles. The molecule has 0 aliphatic rings. The maximum absolute atomic E-state index is 13.9. The number of aromatic nitrogens is 3. The van der Waals surface area contributed by atoms with Gasteiger partial charge in [-0.1, -0.05) is 36.9 Å². The summed E-state index contributed by atoms with van der Waals surface area (Å²) in [5.41, 5.74) is 1.46. The fourth-order valence-corrected chi connectivity index (χ4v) is 4.64. The monoisotopic (exact) mass is 426 g/mol. The van der Waals surface area contributed by atoms with Crippen LogP contribution in [0, 0.1) is 11.6 Å². The Labute approximate surface area is 171 Å². The van der Waals surface area contributed by atoms with E-state index in [1.165, 1.54) is 22.9 Å². The summed E-state index contributed by atoms with van der Waals surface area (Å²) in [5, 5.41) is 7.61. The van der Waals surface area contributed by atoms with Gasteiger partial charge in [0.05, 0.1) is 12.2 Å². The summed E-state index contributed by atoms with van der Waals surface area (Å²) in [6.07, 6.45) is 4.63. The predicted molar refractivity (Wildman–Crippen MR) is 109 cm³/mol. The first-order valence-corrected chi connectivity index (χ1v) is 10.3. The first-order valence-electron chi connectivity index (χ1n) is 8.87. The van der Waals surface area contributed by atoms with E-state index in [2.05, 4.69) is 16.8 Å². The molecular formula is C21H16F2N4O2S. The molecule has 0 radical (unpaired) electrons. The number of nitrogens with zero attached hydrogens (tertiary/aromatic N) is 4. The first-order chi connectivity index (χ1) is 14.4. The number of benzene rings is 2. The molecule has 152 valence electrons. The number of fused-ring (bicyclic) bond motifs is 1. The second-order valence-electron chi connectivity index (χ2n) is 6.52. The van der Waals surface area contributed by atoms with E-state index in [1.807, 2.05) is 0 Å². The smallest absolute Gasteiger partial charge is 0.268 e. The zero-order chi connectivity index (χ0) is 21.3. The summed E-state index contributed by atoms with van der Waals surface area (Å²) in [7, 11) is -4.24. The van der Waals surface area contributed by atoms with Crippen LogP contribution in [-0.2, 0) is 16.6 Å². The highest BCUT2D eigenvalue weighted by molar-refractivity contribution is 7.93. The molecule has 0 saturated heterocycles. The van der Waals surface area contributed by atoms with E-state index >= 15 is 0 Å². The molecule has 0 saturated carbocycles. The lowest BCUT2D eigenvalue weighted by atomic mass is 10.1. The van der Waals surface area contributed by atoms with E-state index in [-0.39, 0.29) is 22.8 Å². The van der Waals surface area contributed by atoms with Crippen LogP contribution in [0.3, 0.4) is 0 Å². The highest BCUT2D eigenvalue weighted by Crippen LogP contribution is 2.29. The zero-order valence-corrected chi connectivity index (χ0v) is 16.4. The van der Waals surface area contributed by atoms with Crippen LogP contribution in [0.25, 0.3) is 11.7 Å². The molecule has 0 bridgehead atoms. The van der Waals surface area contributed by atoms with Crippen molar-refractivity contribution in [2.75, 3.05) is 4.31 Å². The van der Waals surface area contributed by atoms with Crippen molar-refractivity contribution in [3.05, 3.63) is 96.5 Å². The molecule has 0 atom stereocenters. The number of sulfonamides is 1. The lowest BCUT2D eigenvalue weighted by Gasteiger charge is -2.25. The number of pyridine rings is 1. The lowest BCUT2D eigenvalue weighted by Crippen LogP contribution is -2.31. The van der Waals surface area contributed by atoms with Crippen molar-refractivity contribution in [1.29, 1.82) is 0 Å². The van der Waals surface area contributed by atoms with Crippen LogP contribution in [0.15, 0.2) is 78.6 Å². The van der Waals surface area contributed by atoms with Crippen molar-refractivity contribution in [2.24, 2.45) is 0 Å². The lowest BCUT2D eigenvalue weighted by molar-refractivity contribution is 0.580. The van der Waals surface area contributed by atoms with E-state index in [9.17, 15) is 17.2 Å². The Kier molecular flexibility index (Phi) is 5.04. The van der Waals surface area contributed by atoms with Gasteiger partial charge in [-0.15, -0.1) is 10.2 Å². The van der Waals surface area contributed by atoms with Crippen molar-refractivity contribution in [2.45, 2.75) is 11.4 Å². The van der Waals surface area contributed by atoms with Crippen molar-refractivity contribution in [1.82, 2.24) is 14.6 Å². The summed E-state index contributed by atoms with van der Waals surface area (Å²) in [6, 6.07) is 12.6. The maximum Gasteiger partial charge on any atom is 0.268 e. The Morgan fingerprint density at radius 3 is 2.43 bits per heavy atom. The van der Waals surface area contributed by atoms with Crippen molar-refractivity contribution >= 4 is 27.4 Å². The van der Waals surface area contributed by atoms with E-state index in [1.54, 1.807) is 36.5 Å². The summed E-state index contributed by atoms with van der Waals surface area (Å²) in [4.78, 5) is -0.130. The molecule has 0 aliphatic heterocycles. The number of hydrogen-bond donors (Lipinski definition) is 0. The maximum atomic E-state index is 13.9. The quantitative estimate of drug-likeness (QED) is 0.467. The van der Waals surface area contributed by atoms with Gasteiger partial charge in [0.1, 0.15) is 22.9 Å². The van der Waals surface area contributed by atoms with Crippen molar-refractivity contribution in [3.63, 3.8) is 0 Å². The van der Waals surface area contributed by atoms with Crippen LogP contribution in [0.5, 0.6) is 0 Å². The fourth-order valence-electron chi connectivity index (χ4n) is 3.07.